The summed E-state index contributed by atoms with van der Waals surface area (Å²) in [6, 6.07) is 12.6. The van der Waals surface area contributed by atoms with Crippen molar-refractivity contribution in [1.29, 1.82) is 0 Å². The maximum atomic E-state index is 13.7. The van der Waals surface area contributed by atoms with Gasteiger partial charge in [-0.15, -0.1) is 13.2 Å². The number of alkyl halides is 3. The predicted molar refractivity (Wildman–Crippen MR) is 214 cm³/mol. The Kier molecular flexibility index (Phi) is 12.5. The second kappa shape index (κ2) is 17.4. The van der Waals surface area contributed by atoms with Gasteiger partial charge in [0.1, 0.15) is 23.4 Å². The molecule has 4 amide bonds. The van der Waals surface area contributed by atoms with Gasteiger partial charge in [-0.3, -0.25) is 14.4 Å². The lowest BCUT2D eigenvalue weighted by atomic mass is 10.00. The van der Waals surface area contributed by atoms with Crippen molar-refractivity contribution in [1.82, 2.24) is 30.5 Å². The largest absolute Gasteiger partial charge is 0.573 e. The van der Waals surface area contributed by atoms with E-state index in [4.69, 9.17) is 9.72 Å². The number of aromatic nitrogens is 3. The van der Waals surface area contributed by atoms with E-state index in [1.165, 1.54) is 25.4 Å². The molecule has 1 saturated heterocycles. The molecule has 14 nitrogen and oxygen atoms in total. The van der Waals surface area contributed by atoms with Gasteiger partial charge < -0.3 is 40.6 Å². The van der Waals surface area contributed by atoms with Crippen LogP contribution < -0.4 is 26.0 Å². The summed E-state index contributed by atoms with van der Waals surface area (Å²) in [6.07, 6.45) is -1.09. The summed E-state index contributed by atoms with van der Waals surface area (Å²) in [5.41, 5.74) is 2.04. The highest BCUT2D eigenvalue weighted by Crippen LogP contribution is 2.51. The molecule has 4 aromatic rings. The SMILES string of the molecule is COC(=O)N[C@H](C(=O)N1C[C@@H](C)C[C@H]1c1nc(-c2ccc(-c3ccc(C(=O)Nc4ccc(NCCNC(=O)C5CC5(C)C)nc4)cc3OC(F)(F)F)cc2)c[nH]1)C(C)C. The van der Waals surface area contributed by atoms with Gasteiger partial charge in [-0.25, -0.2) is 14.8 Å². The number of hydrogen-bond acceptors (Lipinski definition) is 9. The first-order chi connectivity index (χ1) is 27.9. The lowest BCUT2D eigenvalue weighted by Crippen LogP contribution is -2.51. The molecule has 2 aromatic heterocycles. The van der Waals surface area contributed by atoms with Crippen LogP contribution in [-0.2, 0) is 14.3 Å². The fourth-order valence-corrected chi connectivity index (χ4v) is 7.20. The molecule has 2 aliphatic rings. The lowest BCUT2D eigenvalue weighted by Gasteiger charge is -2.30. The zero-order valence-electron chi connectivity index (χ0n) is 33.7. The molecule has 5 N–H and O–H groups in total. The number of benzene rings is 2. The molecule has 1 aliphatic carbocycles. The van der Waals surface area contributed by atoms with Gasteiger partial charge in [0.05, 0.1) is 30.7 Å². The summed E-state index contributed by atoms with van der Waals surface area (Å²) >= 11 is 0. The lowest BCUT2D eigenvalue weighted by molar-refractivity contribution is -0.274. The van der Waals surface area contributed by atoms with Crippen molar-refractivity contribution in [3.05, 3.63) is 78.4 Å². The topological polar surface area (TPSA) is 180 Å². The van der Waals surface area contributed by atoms with Crippen molar-refractivity contribution in [2.45, 2.75) is 65.9 Å². The van der Waals surface area contributed by atoms with Crippen LogP contribution in [0.1, 0.15) is 69.7 Å². The number of H-pyrrole nitrogens is 1. The first-order valence-corrected chi connectivity index (χ1v) is 19.4. The first kappa shape index (κ1) is 42.5. The van der Waals surface area contributed by atoms with Gasteiger partial charge in [0, 0.05) is 48.4 Å². The Balaban J connectivity index is 1.11. The van der Waals surface area contributed by atoms with E-state index < -0.39 is 30.2 Å². The molecule has 1 saturated carbocycles. The van der Waals surface area contributed by atoms with E-state index in [-0.39, 0.29) is 52.2 Å². The van der Waals surface area contributed by atoms with Crippen LogP contribution in [0.2, 0.25) is 0 Å². The van der Waals surface area contributed by atoms with Gasteiger partial charge in [0.15, 0.2) is 0 Å². The summed E-state index contributed by atoms with van der Waals surface area (Å²) in [5.74, 6) is -0.333. The molecule has 17 heteroatoms. The minimum Gasteiger partial charge on any atom is -0.453 e. The van der Waals surface area contributed by atoms with E-state index in [2.05, 4.69) is 49.8 Å². The number of methoxy groups -OCH3 is 1. The van der Waals surface area contributed by atoms with E-state index in [0.717, 1.165) is 12.5 Å². The molecule has 0 spiro atoms. The average Bonchev–Trinajstić information content (AvgIpc) is 3.47. The smallest absolute Gasteiger partial charge is 0.453 e. The third-order valence-electron chi connectivity index (χ3n) is 10.6. The number of rotatable bonds is 14. The van der Waals surface area contributed by atoms with Crippen LogP contribution in [0.4, 0.5) is 29.5 Å². The van der Waals surface area contributed by atoms with Crippen molar-refractivity contribution in [3.63, 3.8) is 0 Å². The molecule has 59 heavy (non-hydrogen) atoms. The Hall–Kier alpha value is -6.13. The standard InChI is InChI=1S/C42H49F3N8O6/c1-23(2)35(52-40(57)58-6)39(56)53-22-24(3)17-32(53)36-49-21-31(51-36)26-9-7-25(8-10-26)29-13-11-27(18-33(29)59-42(43,44)45)37(54)50-28-12-14-34(48-20-28)46-15-16-47-38(55)30-19-41(30,4)5/h7-14,18,20-21,23-24,30,32,35H,15-17,19,22H2,1-6H3,(H,46,48)(H,47,55)(H,49,51)(H,50,54)(H,52,57)/t24-,30?,32-,35-/m0/s1. The number of hydrogen-bond donors (Lipinski definition) is 5. The minimum absolute atomic E-state index is 0.0323. The predicted octanol–water partition coefficient (Wildman–Crippen LogP) is 7.15. The average molecular weight is 819 g/mol. The second-order valence-corrected chi connectivity index (χ2v) is 16.1. The molecule has 1 unspecified atom stereocenters. The van der Waals surface area contributed by atoms with Gasteiger partial charge in [0.2, 0.25) is 11.8 Å². The van der Waals surface area contributed by atoms with E-state index in [0.29, 0.717) is 60.2 Å². The van der Waals surface area contributed by atoms with Crippen LogP contribution in [0.3, 0.4) is 0 Å². The number of ether oxygens (including phenoxy) is 2. The minimum atomic E-state index is -5.03. The zero-order chi connectivity index (χ0) is 42.6. The number of likely N-dealkylation sites (tertiary alicyclic amines) is 1. The fraction of sp³-hybridized carbons (Fsp3) is 0.429. The molecule has 2 fully saturated rings. The van der Waals surface area contributed by atoms with Gasteiger partial charge >= 0.3 is 12.5 Å². The molecule has 4 atom stereocenters. The van der Waals surface area contributed by atoms with Crippen molar-refractivity contribution in [2.75, 3.05) is 37.4 Å². The molecule has 314 valence electrons. The number of nitrogens with zero attached hydrogens (tertiary/aromatic N) is 3. The van der Waals surface area contributed by atoms with E-state index in [1.807, 2.05) is 20.8 Å². The highest BCUT2D eigenvalue weighted by molar-refractivity contribution is 6.05. The van der Waals surface area contributed by atoms with Gasteiger partial charge in [-0.1, -0.05) is 58.9 Å². The third-order valence-corrected chi connectivity index (χ3v) is 10.6. The number of carbonyl (C=O) groups is 4. The van der Waals surface area contributed by atoms with Crippen LogP contribution in [0.5, 0.6) is 5.75 Å². The van der Waals surface area contributed by atoms with Crippen LogP contribution in [-0.4, -0.2) is 82.8 Å². The van der Waals surface area contributed by atoms with Gasteiger partial charge in [0.25, 0.3) is 5.91 Å². The summed E-state index contributed by atoms with van der Waals surface area (Å²) in [7, 11) is 1.24. The molecule has 3 heterocycles. The summed E-state index contributed by atoms with van der Waals surface area (Å²) in [6.45, 7) is 11.2. The molecule has 0 radical (unpaired) electrons. The van der Waals surface area contributed by atoms with Crippen molar-refractivity contribution in [3.8, 4) is 28.1 Å². The summed E-state index contributed by atoms with van der Waals surface area (Å²) in [4.78, 5) is 64.9. The maximum Gasteiger partial charge on any atom is 0.573 e. The maximum absolute atomic E-state index is 13.7. The molecule has 6 rings (SSSR count). The van der Waals surface area contributed by atoms with E-state index in [9.17, 15) is 32.3 Å². The highest BCUT2D eigenvalue weighted by atomic mass is 19.4. The number of alkyl carbamates (subject to hydrolysis) is 1. The third kappa shape index (κ3) is 10.5. The number of pyridine rings is 1. The number of amides is 4. The first-order valence-electron chi connectivity index (χ1n) is 19.4. The molecular weight excluding hydrogens is 770 g/mol. The van der Waals surface area contributed by atoms with Crippen LogP contribution >= 0.6 is 0 Å². The highest BCUT2D eigenvalue weighted by Gasteiger charge is 2.50. The van der Waals surface area contributed by atoms with Gasteiger partial charge in [-0.2, -0.15) is 0 Å². The van der Waals surface area contributed by atoms with Crippen molar-refractivity contribution in [2.24, 2.45) is 23.2 Å². The van der Waals surface area contributed by atoms with Crippen molar-refractivity contribution < 1.29 is 41.8 Å². The number of anilines is 2. The monoisotopic (exact) mass is 818 g/mol. The van der Waals surface area contributed by atoms with Crippen LogP contribution in [0, 0.1) is 23.2 Å². The molecule has 0 bridgehead atoms. The van der Waals surface area contributed by atoms with E-state index in [1.54, 1.807) is 47.5 Å². The summed E-state index contributed by atoms with van der Waals surface area (Å²) in [5, 5.41) is 11.3. The number of carbonyl (C=O) groups excluding carboxylic acids is 4. The number of nitrogens with one attached hydrogen (secondary N) is 5. The Bertz CT molecular complexity index is 2160. The fourth-order valence-electron chi connectivity index (χ4n) is 7.20. The zero-order valence-corrected chi connectivity index (χ0v) is 33.7. The second-order valence-electron chi connectivity index (χ2n) is 16.1. The normalized spacial score (nSPS) is 18.8. The van der Waals surface area contributed by atoms with Crippen LogP contribution in [0.25, 0.3) is 22.4 Å². The van der Waals surface area contributed by atoms with Crippen LogP contribution in [0.15, 0.2) is 67.0 Å². The Morgan fingerprint density at radius 2 is 1.73 bits per heavy atom. The molecule has 2 aromatic carbocycles. The molecule has 1 aliphatic heterocycles. The number of imidazole rings is 1. The summed E-state index contributed by atoms with van der Waals surface area (Å²) < 4.78 is 50.0. The number of halogens is 3. The molecular formula is C42H49F3N8O6. The number of aromatic amines is 1. The van der Waals surface area contributed by atoms with E-state index >= 15 is 0 Å². The van der Waals surface area contributed by atoms with Crippen molar-refractivity contribution >= 4 is 35.3 Å². The van der Waals surface area contributed by atoms with Gasteiger partial charge in [-0.05, 0) is 66.0 Å². The quantitative estimate of drug-likeness (QED) is 0.0826. The Labute approximate surface area is 340 Å². The Morgan fingerprint density at radius 3 is 2.36 bits per heavy atom. The Morgan fingerprint density at radius 1 is 1.02 bits per heavy atom.